The Morgan fingerprint density at radius 1 is 1.09 bits per heavy atom. The van der Waals surface area contributed by atoms with Crippen LogP contribution in [-0.4, -0.2) is 47.4 Å². The molecule has 3 aromatic carbocycles. The van der Waals surface area contributed by atoms with Crippen molar-refractivity contribution >= 4 is 17.0 Å². The van der Waals surface area contributed by atoms with Crippen LogP contribution in [-0.2, 0) is 13.0 Å². The third kappa shape index (κ3) is 4.12. The number of fused-ring (bicyclic) bond motifs is 1. The second-order valence-corrected chi connectivity index (χ2v) is 7.66. The van der Waals surface area contributed by atoms with Crippen LogP contribution in [0.4, 0.5) is 0 Å². The lowest BCUT2D eigenvalue weighted by molar-refractivity contribution is 0.0698. The number of nitrogens with zero attached hydrogens (tertiary/aromatic N) is 6. The van der Waals surface area contributed by atoms with Crippen molar-refractivity contribution in [3.63, 3.8) is 0 Å². The Bertz CT molecular complexity index is 1700. The summed E-state index contributed by atoms with van der Waals surface area (Å²) in [4.78, 5) is 16.4. The molecule has 0 aliphatic carbocycles. The molecule has 0 radical (unpaired) electrons. The van der Waals surface area contributed by atoms with Crippen LogP contribution in [0.1, 0.15) is 36.6 Å². The van der Waals surface area contributed by atoms with Gasteiger partial charge in [-0.25, -0.2) is 9.48 Å². The van der Waals surface area contributed by atoms with Gasteiger partial charge in [0.25, 0.3) is 6.01 Å². The van der Waals surface area contributed by atoms with E-state index in [1.165, 1.54) is 6.07 Å². The quantitative estimate of drug-likeness (QED) is 0.353. The van der Waals surface area contributed by atoms with Gasteiger partial charge >= 0.3 is 5.97 Å². The molecule has 5 rings (SSSR count). The number of carboxylic acids is 1. The van der Waals surface area contributed by atoms with Crippen molar-refractivity contribution < 1.29 is 21.5 Å². The minimum absolute atomic E-state index is 0.0201. The number of hydrogen-bond acceptors (Lipinski definition) is 6. The number of carbonyl (C=O) groups is 1. The van der Waals surface area contributed by atoms with E-state index in [-0.39, 0.29) is 11.4 Å². The fourth-order valence-corrected chi connectivity index (χ4v) is 4.06. The minimum atomic E-state index is -2.99. The van der Waals surface area contributed by atoms with E-state index in [1.807, 2.05) is 37.3 Å². The van der Waals surface area contributed by atoms with E-state index in [4.69, 9.17) is 11.6 Å². The summed E-state index contributed by atoms with van der Waals surface area (Å²) in [5.74, 6) is -1.08. The average molecular weight is 474 g/mol. The van der Waals surface area contributed by atoms with Crippen LogP contribution in [0.3, 0.4) is 0 Å². The van der Waals surface area contributed by atoms with Crippen LogP contribution < -0.4 is 4.74 Å². The number of benzene rings is 3. The summed E-state index contributed by atoms with van der Waals surface area (Å²) < 4.78 is 47.2. The monoisotopic (exact) mass is 473 g/mol. The largest absolute Gasteiger partial charge is 0.478 e. The molecule has 0 unspecified atom stereocenters. The number of aryl methyl sites for hydroxylation is 1. The maximum atomic E-state index is 11.9. The maximum absolute atomic E-state index is 11.9. The fourth-order valence-electron chi connectivity index (χ4n) is 4.06. The predicted octanol–water partition coefficient (Wildman–Crippen LogP) is 4.52. The number of rotatable bonds is 8. The first-order valence-corrected chi connectivity index (χ1v) is 10.9. The fraction of sp³-hybridized carbons (Fsp3) is 0.192. The van der Waals surface area contributed by atoms with Gasteiger partial charge < -0.3 is 9.84 Å². The van der Waals surface area contributed by atoms with Gasteiger partial charge in [0.2, 0.25) is 0 Å². The van der Waals surface area contributed by atoms with Crippen molar-refractivity contribution in [2.75, 3.05) is 6.61 Å². The lowest BCUT2D eigenvalue weighted by atomic mass is 9.98. The topological polar surface area (TPSA) is 108 Å². The van der Waals surface area contributed by atoms with E-state index < -0.39 is 19.3 Å². The van der Waals surface area contributed by atoms with Gasteiger partial charge in [-0.15, -0.1) is 5.10 Å². The third-order valence-corrected chi connectivity index (χ3v) is 5.58. The summed E-state index contributed by atoms with van der Waals surface area (Å²) >= 11 is 0. The highest BCUT2D eigenvalue weighted by Gasteiger charge is 2.19. The highest BCUT2D eigenvalue weighted by atomic mass is 16.5. The molecule has 2 aromatic heterocycles. The number of aromatic carboxylic acids is 1. The summed E-state index contributed by atoms with van der Waals surface area (Å²) in [5, 5.41) is 20.9. The summed E-state index contributed by atoms with van der Waals surface area (Å²) in [6, 6.07) is 19.7. The van der Waals surface area contributed by atoms with Crippen molar-refractivity contribution in [2.45, 2.75) is 26.8 Å². The van der Waals surface area contributed by atoms with Crippen LogP contribution in [0.5, 0.6) is 6.01 Å². The van der Waals surface area contributed by atoms with Crippen molar-refractivity contribution in [1.82, 2.24) is 29.8 Å². The van der Waals surface area contributed by atoms with Gasteiger partial charge in [-0.2, -0.15) is 4.98 Å². The molecule has 0 amide bonds. The first kappa shape index (κ1) is 17.0. The standard InChI is InChI=1S/C26H24N6O3/c1-3-32-24(28-29-30-32)20-9-6-5-8-19(20)18-14-12-17(13-15-18)16-31-23-21(25(33)34)10-7-11-22(23)27-26(31)35-4-2/h5-15H,3-4,16H2,1-2H3,(H,33,34)/i1D3,3D2. The van der Waals surface area contributed by atoms with E-state index in [1.54, 1.807) is 34.9 Å². The second-order valence-electron chi connectivity index (χ2n) is 7.66. The molecule has 9 nitrogen and oxygen atoms in total. The van der Waals surface area contributed by atoms with E-state index in [9.17, 15) is 9.90 Å². The van der Waals surface area contributed by atoms with Gasteiger partial charge in [-0.05, 0) is 53.0 Å². The first-order chi connectivity index (χ1) is 19.0. The number of ether oxygens (including phenoxy) is 1. The van der Waals surface area contributed by atoms with E-state index in [0.717, 1.165) is 11.1 Å². The van der Waals surface area contributed by atoms with Crippen molar-refractivity contribution in [1.29, 1.82) is 0 Å². The van der Waals surface area contributed by atoms with Gasteiger partial charge in [0, 0.05) is 16.2 Å². The Hall–Kier alpha value is -4.53. The maximum Gasteiger partial charge on any atom is 0.337 e. The van der Waals surface area contributed by atoms with Crippen LogP contribution in [0.2, 0.25) is 0 Å². The molecule has 0 saturated carbocycles. The molecule has 1 N–H and O–H groups in total. The molecule has 35 heavy (non-hydrogen) atoms. The molecule has 176 valence electrons. The van der Waals surface area contributed by atoms with Crippen LogP contribution >= 0.6 is 0 Å². The molecule has 0 aliphatic rings. The van der Waals surface area contributed by atoms with E-state index in [0.29, 0.717) is 46.0 Å². The second kappa shape index (κ2) is 9.38. The van der Waals surface area contributed by atoms with Crippen molar-refractivity contribution in [2.24, 2.45) is 0 Å². The molecule has 9 heteroatoms. The smallest absolute Gasteiger partial charge is 0.337 e. The Labute approximate surface area is 208 Å². The Balaban J connectivity index is 1.53. The number of imidazole rings is 1. The predicted molar refractivity (Wildman–Crippen MR) is 131 cm³/mol. The third-order valence-electron chi connectivity index (χ3n) is 5.58. The highest BCUT2D eigenvalue weighted by Crippen LogP contribution is 2.31. The molecular weight excluding hydrogens is 444 g/mol. The Morgan fingerprint density at radius 2 is 1.89 bits per heavy atom. The number of tetrazole rings is 1. The minimum Gasteiger partial charge on any atom is -0.478 e. The van der Waals surface area contributed by atoms with Gasteiger partial charge in [0.15, 0.2) is 5.82 Å². The lowest BCUT2D eigenvalue weighted by Gasteiger charge is -2.12. The molecule has 5 aromatic rings. The Kier molecular flexibility index (Phi) is 4.55. The normalized spacial score (nSPS) is 14.0. The molecular formula is C26H24N6O3. The molecule has 2 heterocycles. The Morgan fingerprint density at radius 3 is 2.63 bits per heavy atom. The zero-order valence-corrected chi connectivity index (χ0v) is 18.7. The summed E-state index contributed by atoms with van der Waals surface area (Å²) in [7, 11) is 0. The molecule has 0 aliphatic heterocycles. The SMILES string of the molecule is [2H]C([2H])([2H])C([2H])([2H])n1nnnc1-c1ccccc1-c1ccc(Cn2c(OCC)nc3cccc(C(=O)O)c32)cc1. The first-order valence-electron chi connectivity index (χ1n) is 13.4. The van der Waals surface area contributed by atoms with Gasteiger partial charge in [-0.3, -0.25) is 4.57 Å². The van der Waals surface area contributed by atoms with Crippen LogP contribution in [0, 0.1) is 0 Å². The number of hydrogen-bond donors (Lipinski definition) is 1. The summed E-state index contributed by atoms with van der Waals surface area (Å²) in [5.41, 5.74) is 3.84. The van der Waals surface area contributed by atoms with Gasteiger partial charge in [-0.1, -0.05) is 54.6 Å². The zero-order valence-electron chi connectivity index (χ0n) is 23.7. The van der Waals surface area contributed by atoms with Crippen LogP contribution in [0.15, 0.2) is 66.7 Å². The van der Waals surface area contributed by atoms with Crippen LogP contribution in [0.25, 0.3) is 33.5 Å². The number of carboxylic acid groups (broad SMARTS) is 1. The molecule has 0 atom stereocenters. The van der Waals surface area contributed by atoms with Gasteiger partial charge in [0.1, 0.15) is 0 Å². The zero-order chi connectivity index (χ0) is 28.7. The molecule has 0 fully saturated rings. The molecule has 0 bridgehead atoms. The molecule has 0 saturated heterocycles. The number of aromatic nitrogens is 6. The summed E-state index contributed by atoms with van der Waals surface area (Å²) in [6.07, 6.45) is 0. The van der Waals surface area contributed by atoms with Gasteiger partial charge in [0.05, 0.1) is 32.5 Å². The average Bonchev–Trinajstić information content (AvgIpc) is 3.54. The van der Waals surface area contributed by atoms with Crippen molar-refractivity contribution in [3.05, 3.63) is 77.9 Å². The van der Waals surface area contributed by atoms with E-state index in [2.05, 4.69) is 20.5 Å². The summed E-state index contributed by atoms with van der Waals surface area (Å²) in [6.45, 7) is -3.33. The number of para-hydroxylation sites is 1. The highest BCUT2D eigenvalue weighted by molar-refractivity contribution is 6.01. The molecule has 0 spiro atoms. The lowest BCUT2D eigenvalue weighted by Crippen LogP contribution is -2.08. The van der Waals surface area contributed by atoms with E-state index >= 15 is 0 Å². The van der Waals surface area contributed by atoms with Crippen molar-refractivity contribution in [3.8, 4) is 28.5 Å².